The predicted octanol–water partition coefficient (Wildman–Crippen LogP) is 1.80. The second-order valence-corrected chi connectivity index (χ2v) is 3.57. The van der Waals surface area contributed by atoms with Gasteiger partial charge in [-0.3, -0.25) is 0 Å². The van der Waals surface area contributed by atoms with Crippen LogP contribution < -0.4 is 0 Å². The van der Waals surface area contributed by atoms with Gasteiger partial charge in [0, 0.05) is 13.1 Å². The average molecular weight is 140 g/mol. The summed E-state index contributed by atoms with van der Waals surface area (Å²) in [6.45, 7) is 12.3. The number of rotatable bonds is 2. The largest absolute Gasteiger partial charge is 0.303 e. The Labute approximate surface area is 64.4 Å². The molecule has 2 unspecified atom stereocenters. The highest BCUT2D eigenvalue weighted by molar-refractivity contribution is 4.78. The highest BCUT2D eigenvalue weighted by Gasteiger charge is 2.24. The van der Waals surface area contributed by atoms with Crippen molar-refractivity contribution in [3.63, 3.8) is 0 Å². The monoisotopic (exact) mass is 140 g/mol. The van der Waals surface area contributed by atoms with Gasteiger partial charge in [0.05, 0.1) is 0 Å². The van der Waals surface area contributed by atoms with Crippen molar-refractivity contribution < 1.29 is 0 Å². The van der Waals surface area contributed by atoms with Crippen LogP contribution in [0.1, 0.15) is 20.3 Å². The first-order valence-electron chi connectivity index (χ1n) is 4.25. The van der Waals surface area contributed by atoms with Crippen LogP contribution >= 0.6 is 0 Å². The third-order valence-corrected chi connectivity index (χ3v) is 2.54. The van der Waals surface area contributed by atoms with Crippen molar-refractivity contribution >= 4 is 0 Å². The van der Waals surface area contributed by atoms with E-state index in [2.05, 4.69) is 25.7 Å². The van der Waals surface area contributed by atoms with Crippen molar-refractivity contribution in [2.75, 3.05) is 19.6 Å². The summed E-state index contributed by atoms with van der Waals surface area (Å²) in [6, 6.07) is 0. The van der Waals surface area contributed by atoms with Crippen LogP contribution in [0.25, 0.3) is 0 Å². The maximum atomic E-state index is 3.86. The first kappa shape index (κ1) is 8.06. The fraction of sp³-hybridized carbons (Fsp3) is 0.889. The molecule has 1 saturated heterocycles. The number of hydrogen-bond donors (Lipinski definition) is 0. The van der Waals surface area contributed by atoms with Gasteiger partial charge in [0.25, 0.3) is 0 Å². The molecular weight excluding hydrogens is 122 g/mol. The first-order chi connectivity index (χ1) is 4.74. The lowest BCUT2D eigenvalue weighted by molar-refractivity contribution is 0.330. The average Bonchev–Trinajstić information content (AvgIpc) is 2.14. The molecule has 1 radical (unpaired) electrons. The molecule has 0 spiro atoms. The Morgan fingerprint density at radius 1 is 1.30 bits per heavy atom. The lowest BCUT2D eigenvalue weighted by atomic mass is 10.0. The van der Waals surface area contributed by atoms with Crippen LogP contribution in [0.15, 0.2) is 0 Å². The normalized spacial score (nSPS) is 35.1. The lowest BCUT2D eigenvalue weighted by Gasteiger charge is -2.12. The van der Waals surface area contributed by atoms with Crippen LogP contribution in [0.4, 0.5) is 0 Å². The fourth-order valence-corrected chi connectivity index (χ4v) is 1.66. The zero-order chi connectivity index (χ0) is 7.56. The molecule has 0 bridgehead atoms. The summed E-state index contributed by atoms with van der Waals surface area (Å²) in [5.41, 5.74) is 0. The van der Waals surface area contributed by atoms with Crippen LogP contribution in [0, 0.1) is 18.8 Å². The maximum Gasteiger partial charge on any atom is 0.00102 e. The summed E-state index contributed by atoms with van der Waals surface area (Å²) in [5.74, 6) is 1.79. The molecule has 2 atom stereocenters. The molecule has 0 aliphatic carbocycles. The van der Waals surface area contributed by atoms with E-state index in [1.54, 1.807) is 0 Å². The van der Waals surface area contributed by atoms with Crippen molar-refractivity contribution in [3.8, 4) is 0 Å². The molecule has 0 aromatic rings. The predicted molar refractivity (Wildman–Crippen MR) is 44.7 cm³/mol. The van der Waals surface area contributed by atoms with E-state index in [-0.39, 0.29) is 0 Å². The Balaban J connectivity index is 2.27. The molecule has 1 heteroatoms. The third kappa shape index (κ3) is 1.72. The van der Waals surface area contributed by atoms with Crippen LogP contribution in [0.5, 0.6) is 0 Å². The van der Waals surface area contributed by atoms with Gasteiger partial charge in [0.15, 0.2) is 0 Å². The van der Waals surface area contributed by atoms with E-state index in [4.69, 9.17) is 0 Å². The second-order valence-electron chi connectivity index (χ2n) is 3.57. The molecule has 1 fully saturated rings. The van der Waals surface area contributed by atoms with E-state index in [1.807, 2.05) is 0 Å². The van der Waals surface area contributed by atoms with Crippen molar-refractivity contribution in [1.82, 2.24) is 4.90 Å². The molecule has 0 aromatic carbocycles. The Bertz CT molecular complexity index is 90.9. The Morgan fingerprint density at radius 3 is 2.20 bits per heavy atom. The van der Waals surface area contributed by atoms with E-state index in [1.165, 1.54) is 19.6 Å². The quantitative estimate of drug-likeness (QED) is 0.565. The first-order valence-corrected chi connectivity index (χ1v) is 4.25. The number of nitrogens with zero attached hydrogens (tertiary/aromatic N) is 1. The SMILES string of the molecule is [CH2]CCN1CC(C)C(C)C1. The molecule has 0 saturated carbocycles. The van der Waals surface area contributed by atoms with Crippen LogP contribution in [-0.2, 0) is 0 Å². The van der Waals surface area contributed by atoms with Crippen molar-refractivity contribution in [2.24, 2.45) is 11.8 Å². The van der Waals surface area contributed by atoms with Gasteiger partial charge in [-0.15, -0.1) is 0 Å². The molecule has 0 amide bonds. The van der Waals surface area contributed by atoms with Gasteiger partial charge in [0.1, 0.15) is 0 Å². The smallest absolute Gasteiger partial charge is 0.00102 e. The standard InChI is InChI=1S/C9H18N/c1-4-5-10-6-8(2)9(3)7-10/h8-9H,1,4-7H2,2-3H3. The van der Waals surface area contributed by atoms with Gasteiger partial charge >= 0.3 is 0 Å². The minimum atomic E-state index is 0.895. The molecular formula is C9H18N. The summed E-state index contributed by atoms with van der Waals surface area (Å²) in [6.07, 6.45) is 1.06. The van der Waals surface area contributed by atoms with E-state index in [0.29, 0.717) is 0 Å². The van der Waals surface area contributed by atoms with Gasteiger partial charge in [-0.2, -0.15) is 0 Å². The zero-order valence-corrected chi connectivity index (χ0v) is 7.14. The topological polar surface area (TPSA) is 3.24 Å². The van der Waals surface area contributed by atoms with Gasteiger partial charge < -0.3 is 4.90 Å². The summed E-state index contributed by atoms with van der Waals surface area (Å²) in [5, 5.41) is 0. The molecule has 59 valence electrons. The minimum absolute atomic E-state index is 0.895. The van der Waals surface area contributed by atoms with Crippen LogP contribution in [0.2, 0.25) is 0 Å². The summed E-state index contributed by atoms with van der Waals surface area (Å²) in [7, 11) is 0. The Hall–Kier alpha value is -0.0400. The zero-order valence-electron chi connectivity index (χ0n) is 7.14. The second kappa shape index (κ2) is 3.38. The van der Waals surface area contributed by atoms with E-state index in [0.717, 1.165) is 18.3 Å². The Morgan fingerprint density at radius 2 is 1.80 bits per heavy atom. The fourth-order valence-electron chi connectivity index (χ4n) is 1.66. The highest BCUT2D eigenvalue weighted by atomic mass is 15.1. The summed E-state index contributed by atoms with van der Waals surface area (Å²) >= 11 is 0. The van der Waals surface area contributed by atoms with E-state index < -0.39 is 0 Å². The number of likely N-dealkylation sites (tertiary alicyclic amines) is 1. The van der Waals surface area contributed by atoms with Gasteiger partial charge in [0.2, 0.25) is 0 Å². The molecule has 1 nitrogen and oxygen atoms in total. The van der Waals surface area contributed by atoms with Crippen LogP contribution in [-0.4, -0.2) is 24.5 Å². The van der Waals surface area contributed by atoms with Crippen molar-refractivity contribution in [1.29, 1.82) is 0 Å². The molecule has 1 aliphatic heterocycles. The maximum absolute atomic E-state index is 3.86. The van der Waals surface area contributed by atoms with Crippen LogP contribution in [0.3, 0.4) is 0 Å². The Kier molecular flexibility index (Phi) is 2.72. The molecule has 0 N–H and O–H groups in total. The van der Waals surface area contributed by atoms with Crippen molar-refractivity contribution in [3.05, 3.63) is 6.92 Å². The van der Waals surface area contributed by atoms with E-state index in [9.17, 15) is 0 Å². The van der Waals surface area contributed by atoms with Crippen molar-refractivity contribution in [2.45, 2.75) is 20.3 Å². The van der Waals surface area contributed by atoms with Gasteiger partial charge in [-0.05, 0) is 24.8 Å². The lowest BCUT2D eigenvalue weighted by Crippen LogP contribution is -2.21. The molecule has 0 aromatic heterocycles. The molecule has 1 rings (SSSR count). The van der Waals surface area contributed by atoms with Gasteiger partial charge in [-0.25, -0.2) is 0 Å². The summed E-state index contributed by atoms with van der Waals surface area (Å²) in [4.78, 5) is 2.52. The molecule has 1 heterocycles. The summed E-state index contributed by atoms with van der Waals surface area (Å²) < 4.78 is 0. The third-order valence-electron chi connectivity index (χ3n) is 2.54. The minimum Gasteiger partial charge on any atom is -0.303 e. The van der Waals surface area contributed by atoms with Gasteiger partial charge in [-0.1, -0.05) is 20.8 Å². The molecule has 1 aliphatic rings. The molecule has 10 heavy (non-hydrogen) atoms. The number of hydrogen-bond acceptors (Lipinski definition) is 1. The van der Waals surface area contributed by atoms with E-state index >= 15 is 0 Å². The highest BCUT2D eigenvalue weighted by Crippen LogP contribution is 2.21.